The molecule has 2 heterocycles. The van der Waals surface area contributed by atoms with Gasteiger partial charge in [-0.15, -0.1) is 11.3 Å². The number of fused-ring (bicyclic) bond motifs is 1. The number of pyridine rings is 1. The number of rotatable bonds is 7. The molecule has 1 amide bonds. The minimum atomic E-state index is -0.504. The largest absolute Gasteiger partial charge is 0.505 e. The van der Waals surface area contributed by atoms with Gasteiger partial charge in [-0.2, -0.15) is 0 Å². The van der Waals surface area contributed by atoms with Gasteiger partial charge in [0.2, 0.25) is 0 Å². The van der Waals surface area contributed by atoms with Crippen LogP contribution in [0.15, 0.2) is 54.0 Å². The topological polar surface area (TPSA) is 97.8 Å². The number of ether oxygens (including phenoxy) is 2. The maximum atomic E-state index is 14.0. The molecule has 0 atom stereocenters. The fourth-order valence-corrected chi connectivity index (χ4v) is 4.38. The molecule has 0 aliphatic rings. The number of aromatic hydroxyl groups is 1. The van der Waals surface area contributed by atoms with Gasteiger partial charge in [-0.1, -0.05) is 12.1 Å². The molecule has 0 aliphatic carbocycles. The van der Waals surface area contributed by atoms with E-state index in [-0.39, 0.29) is 34.9 Å². The number of nitrogens with one attached hydrogen (secondary N) is 1. The number of nitrogens with zero attached hydrogens (tertiary/aromatic N) is 1. The number of carbonyl (C=O) groups is 2. The van der Waals surface area contributed by atoms with Crippen LogP contribution in [0.25, 0.3) is 21.3 Å². The number of hydrogen-bond donors (Lipinski definition) is 2. The lowest BCUT2D eigenvalue weighted by atomic mass is 10.0. The average molecular weight is 466 g/mol. The highest BCUT2D eigenvalue weighted by Crippen LogP contribution is 2.39. The van der Waals surface area contributed by atoms with Crippen molar-refractivity contribution in [3.63, 3.8) is 0 Å². The molecule has 0 saturated carbocycles. The molecular formula is C24H19FN2O5S. The van der Waals surface area contributed by atoms with E-state index < -0.39 is 11.7 Å². The van der Waals surface area contributed by atoms with Crippen molar-refractivity contribution in [2.45, 2.75) is 0 Å². The molecule has 0 spiro atoms. The first-order valence-electron chi connectivity index (χ1n) is 9.82. The van der Waals surface area contributed by atoms with Gasteiger partial charge >= 0.3 is 0 Å². The van der Waals surface area contributed by atoms with Crippen molar-refractivity contribution in [3.05, 3.63) is 71.0 Å². The molecule has 9 heteroatoms. The van der Waals surface area contributed by atoms with Crippen LogP contribution < -0.4 is 14.8 Å². The van der Waals surface area contributed by atoms with Gasteiger partial charge in [-0.25, -0.2) is 4.39 Å². The Balaban J connectivity index is 1.55. The second-order valence-corrected chi connectivity index (χ2v) is 7.88. The van der Waals surface area contributed by atoms with Crippen molar-refractivity contribution in [2.75, 3.05) is 20.8 Å². The van der Waals surface area contributed by atoms with Crippen molar-refractivity contribution in [2.24, 2.45) is 0 Å². The van der Waals surface area contributed by atoms with Gasteiger partial charge < -0.3 is 19.9 Å². The monoisotopic (exact) mass is 466 g/mol. The number of aromatic nitrogens is 1. The third kappa shape index (κ3) is 4.22. The number of carbonyl (C=O) groups excluding carboxylic acids is 2. The van der Waals surface area contributed by atoms with Crippen LogP contribution in [0.5, 0.6) is 17.2 Å². The predicted octanol–water partition coefficient (Wildman–Crippen LogP) is 4.44. The number of halogens is 1. The Bertz CT molecular complexity index is 1370. The van der Waals surface area contributed by atoms with Gasteiger partial charge in [0.05, 0.1) is 31.0 Å². The quantitative estimate of drug-likeness (QED) is 0.391. The SMILES string of the molecule is COc1ccc(C(=O)NCC(=O)c2ccnc(-c3csc4c(F)cccc34)c2O)cc1OC. The number of hydrogen-bond acceptors (Lipinski definition) is 7. The Labute approximate surface area is 192 Å². The fraction of sp³-hybridized carbons (Fsp3) is 0.125. The molecule has 4 rings (SSSR count). The zero-order chi connectivity index (χ0) is 23.5. The number of Topliss-reactive ketones (excluding diaryl/α,β-unsaturated/α-hetero) is 1. The van der Waals surface area contributed by atoms with Crippen LogP contribution >= 0.6 is 11.3 Å². The van der Waals surface area contributed by atoms with Crippen molar-refractivity contribution in [3.8, 4) is 28.5 Å². The van der Waals surface area contributed by atoms with Crippen LogP contribution in [0.4, 0.5) is 4.39 Å². The van der Waals surface area contributed by atoms with Crippen LogP contribution in [-0.4, -0.2) is 42.5 Å². The predicted molar refractivity (Wildman–Crippen MR) is 123 cm³/mol. The minimum absolute atomic E-state index is 0.00312. The molecule has 4 aromatic rings. The molecule has 2 aromatic carbocycles. The molecule has 0 fully saturated rings. The minimum Gasteiger partial charge on any atom is -0.505 e. The zero-order valence-corrected chi connectivity index (χ0v) is 18.5. The summed E-state index contributed by atoms with van der Waals surface area (Å²) >= 11 is 1.19. The van der Waals surface area contributed by atoms with Gasteiger partial charge in [0, 0.05) is 28.1 Å². The molecule has 0 unspecified atom stereocenters. The highest BCUT2D eigenvalue weighted by molar-refractivity contribution is 7.17. The first kappa shape index (κ1) is 22.2. The van der Waals surface area contributed by atoms with Crippen LogP contribution in [0.3, 0.4) is 0 Å². The van der Waals surface area contributed by atoms with E-state index in [1.54, 1.807) is 29.6 Å². The highest BCUT2D eigenvalue weighted by Gasteiger charge is 2.20. The molecule has 33 heavy (non-hydrogen) atoms. The Morgan fingerprint density at radius 2 is 1.91 bits per heavy atom. The van der Waals surface area contributed by atoms with E-state index in [1.165, 1.54) is 50.0 Å². The van der Waals surface area contributed by atoms with E-state index in [0.717, 1.165) is 0 Å². The van der Waals surface area contributed by atoms with Crippen LogP contribution in [0.1, 0.15) is 20.7 Å². The van der Waals surface area contributed by atoms with Crippen LogP contribution in [0.2, 0.25) is 0 Å². The second kappa shape index (κ2) is 9.25. The number of thiophene rings is 1. The summed E-state index contributed by atoms with van der Waals surface area (Å²) in [6, 6.07) is 10.7. The Morgan fingerprint density at radius 3 is 2.67 bits per heavy atom. The third-order valence-electron chi connectivity index (χ3n) is 5.09. The summed E-state index contributed by atoms with van der Waals surface area (Å²) in [5, 5.41) is 15.6. The maximum Gasteiger partial charge on any atom is 0.251 e. The van der Waals surface area contributed by atoms with Gasteiger partial charge in [0.25, 0.3) is 5.91 Å². The molecule has 2 aromatic heterocycles. The Kier molecular flexibility index (Phi) is 6.23. The number of methoxy groups -OCH3 is 2. The molecule has 0 radical (unpaired) electrons. The smallest absolute Gasteiger partial charge is 0.251 e. The van der Waals surface area contributed by atoms with Crippen LogP contribution in [0, 0.1) is 5.82 Å². The molecule has 2 N–H and O–H groups in total. The molecule has 7 nitrogen and oxygen atoms in total. The van der Waals surface area contributed by atoms with Crippen molar-refractivity contribution < 1.29 is 28.6 Å². The zero-order valence-electron chi connectivity index (χ0n) is 17.7. The normalized spacial score (nSPS) is 10.8. The van der Waals surface area contributed by atoms with Gasteiger partial charge in [0.1, 0.15) is 11.5 Å². The maximum absolute atomic E-state index is 14.0. The third-order valence-corrected chi connectivity index (χ3v) is 6.09. The van der Waals surface area contributed by atoms with E-state index >= 15 is 0 Å². The summed E-state index contributed by atoms with van der Waals surface area (Å²) in [4.78, 5) is 29.4. The number of benzene rings is 2. The summed E-state index contributed by atoms with van der Waals surface area (Å²) in [5.41, 5.74) is 0.982. The summed E-state index contributed by atoms with van der Waals surface area (Å²) in [5.74, 6) is -0.833. The summed E-state index contributed by atoms with van der Waals surface area (Å²) in [6.45, 7) is -0.344. The molecule has 0 aliphatic heterocycles. The summed E-state index contributed by atoms with van der Waals surface area (Å²) < 4.78 is 24.8. The lowest BCUT2D eigenvalue weighted by Gasteiger charge is -2.11. The standard InChI is InChI=1S/C24H19FN2O5S/c1-31-19-7-6-13(10-20(19)32-2)24(30)27-11-18(28)15-8-9-26-21(22(15)29)16-12-33-23-14(16)4-3-5-17(23)25/h3-10,12,29H,11H2,1-2H3,(H,27,30). The second-order valence-electron chi connectivity index (χ2n) is 7.00. The first-order chi connectivity index (χ1) is 15.9. The Hall–Kier alpha value is -3.98. The lowest BCUT2D eigenvalue weighted by molar-refractivity contribution is 0.0902. The molecule has 0 saturated heterocycles. The van der Waals surface area contributed by atoms with Gasteiger partial charge in [-0.3, -0.25) is 14.6 Å². The van der Waals surface area contributed by atoms with Crippen LogP contribution in [-0.2, 0) is 0 Å². The molecule has 168 valence electrons. The van der Waals surface area contributed by atoms with Crippen molar-refractivity contribution >= 4 is 33.1 Å². The number of ketones is 1. The molecule has 0 bridgehead atoms. The Morgan fingerprint density at radius 1 is 1.12 bits per heavy atom. The van der Waals surface area contributed by atoms with E-state index in [4.69, 9.17) is 9.47 Å². The van der Waals surface area contributed by atoms with E-state index in [9.17, 15) is 19.1 Å². The van der Waals surface area contributed by atoms with E-state index in [1.807, 2.05) is 0 Å². The van der Waals surface area contributed by atoms with Gasteiger partial charge in [0.15, 0.2) is 23.0 Å². The lowest BCUT2D eigenvalue weighted by Crippen LogP contribution is -2.29. The summed E-state index contributed by atoms with van der Waals surface area (Å²) in [7, 11) is 2.94. The van der Waals surface area contributed by atoms with Gasteiger partial charge in [-0.05, 0) is 30.3 Å². The van der Waals surface area contributed by atoms with E-state index in [2.05, 4.69) is 10.3 Å². The van der Waals surface area contributed by atoms with Crippen molar-refractivity contribution in [1.29, 1.82) is 0 Å². The molecular weight excluding hydrogens is 447 g/mol. The fourth-order valence-electron chi connectivity index (χ4n) is 3.42. The van der Waals surface area contributed by atoms with Crippen molar-refractivity contribution in [1.82, 2.24) is 10.3 Å². The number of amides is 1. The van der Waals surface area contributed by atoms with E-state index in [0.29, 0.717) is 27.1 Å². The average Bonchev–Trinajstić information content (AvgIpc) is 3.27. The summed E-state index contributed by atoms with van der Waals surface area (Å²) in [6.07, 6.45) is 1.39. The highest BCUT2D eigenvalue weighted by atomic mass is 32.1. The first-order valence-corrected chi connectivity index (χ1v) is 10.7.